The number of benzene rings is 1. The lowest BCUT2D eigenvalue weighted by atomic mass is 10.2. The van der Waals surface area contributed by atoms with Crippen molar-refractivity contribution < 1.29 is 4.42 Å². The maximum absolute atomic E-state index is 5.41. The number of furan rings is 1. The number of hydrogen-bond donors (Lipinski definition) is 0. The molecule has 0 aliphatic rings. The van der Waals surface area contributed by atoms with Crippen molar-refractivity contribution in [3.8, 4) is 17.3 Å². The number of aromatic nitrogens is 6. The Morgan fingerprint density at radius 2 is 1.88 bits per heavy atom. The molecule has 1 aromatic carbocycles. The maximum atomic E-state index is 5.41. The quantitative estimate of drug-likeness (QED) is 0.500. The van der Waals surface area contributed by atoms with Crippen LogP contribution in [0.15, 0.2) is 59.6 Å². The Bertz CT molecular complexity index is 1150. The van der Waals surface area contributed by atoms with Crippen molar-refractivity contribution in [2.45, 2.75) is 6.92 Å². The molecule has 0 fully saturated rings. The molecule has 0 saturated carbocycles. The molecule has 0 spiro atoms. The normalized spacial score (nSPS) is 11.5. The zero-order valence-corrected chi connectivity index (χ0v) is 12.8. The zero-order chi connectivity index (χ0) is 16.1. The molecule has 0 unspecified atom stereocenters. The van der Waals surface area contributed by atoms with Gasteiger partial charge in [0.05, 0.1) is 23.5 Å². The minimum Gasteiger partial charge on any atom is -0.461 e. The third kappa shape index (κ3) is 1.78. The van der Waals surface area contributed by atoms with Crippen molar-refractivity contribution in [2.75, 3.05) is 0 Å². The van der Waals surface area contributed by atoms with Crippen LogP contribution in [0.4, 0.5) is 0 Å². The molecule has 5 aromatic rings. The summed E-state index contributed by atoms with van der Waals surface area (Å²) in [5.41, 5.74) is 3.60. The predicted octanol–water partition coefficient (Wildman–Crippen LogP) is 3.03. The molecule has 0 N–H and O–H groups in total. The molecular formula is C17H12N6O. The number of rotatable bonds is 2. The molecule has 116 valence electrons. The van der Waals surface area contributed by atoms with Crippen molar-refractivity contribution in [1.29, 1.82) is 0 Å². The number of aryl methyl sites for hydroxylation is 1. The molecular weight excluding hydrogens is 304 g/mol. The maximum Gasteiger partial charge on any atom is 0.205 e. The van der Waals surface area contributed by atoms with Gasteiger partial charge in [-0.05, 0) is 31.2 Å². The third-order valence-electron chi connectivity index (χ3n) is 4.00. The van der Waals surface area contributed by atoms with Crippen LogP contribution >= 0.6 is 0 Å². The van der Waals surface area contributed by atoms with Gasteiger partial charge in [-0.1, -0.05) is 17.7 Å². The summed E-state index contributed by atoms with van der Waals surface area (Å²) in [6.45, 7) is 2.05. The SMILES string of the molecule is Cc1ccc(-n2ncc3c2ncn2c(-c4ccco4)nnc32)cc1. The van der Waals surface area contributed by atoms with Gasteiger partial charge < -0.3 is 4.42 Å². The highest BCUT2D eigenvalue weighted by Gasteiger charge is 2.16. The molecule has 24 heavy (non-hydrogen) atoms. The van der Waals surface area contributed by atoms with Crippen LogP contribution in [0, 0.1) is 6.92 Å². The lowest BCUT2D eigenvalue weighted by molar-refractivity contribution is 0.576. The molecule has 4 aromatic heterocycles. The third-order valence-corrected chi connectivity index (χ3v) is 4.00. The second-order valence-corrected chi connectivity index (χ2v) is 5.57. The summed E-state index contributed by atoms with van der Waals surface area (Å²) < 4.78 is 9.02. The molecule has 7 nitrogen and oxygen atoms in total. The van der Waals surface area contributed by atoms with E-state index in [1.54, 1.807) is 23.5 Å². The summed E-state index contributed by atoms with van der Waals surface area (Å²) in [5.74, 6) is 1.27. The highest BCUT2D eigenvalue weighted by atomic mass is 16.3. The average Bonchev–Trinajstić information content (AvgIpc) is 3.33. The first-order valence-corrected chi connectivity index (χ1v) is 7.50. The molecule has 0 aliphatic heterocycles. The van der Waals surface area contributed by atoms with Gasteiger partial charge in [-0.25, -0.2) is 9.67 Å². The smallest absolute Gasteiger partial charge is 0.205 e. The lowest BCUT2D eigenvalue weighted by Gasteiger charge is -2.03. The fraction of sp³-hybridized carbons (Fsp3) is 0.0588. The lowest BCUT2D eigenvalue weighted by Crippen LogP contribution is -1.99. The van der Waals surface area contributed by atoms with E-state index in [2.05, 4.69) is 27.2 Å². The Morgan fingerprint density at radius 3 is 2.67 bits per heavy atom. The molecule has 0 bridgehead atoms. The largest absolute Gasteiger partial charge is 0.461 e. The Balaban J connectivity index is 1.74. The summed E-state index contributed by atoms with van der Waals surface area (Å²) in [7, 11) is 0. The number of fused-ring (bicyclic) bond motifs is 3. The summed E-state index contributed by atoms with van der Waals surface area (Å²) >= 11 is 0. The van der Waals surface area contributed by atoms with Gasteiger partial charge in [0.1, 0.15) is 6.33 Å². The minimum absolute atomic E-state index is 0.618. The first-order valence-electron chi connectivity index (χ1n) is 7.50. The molecule has 7 heteroatoms. The molecule has 0 atom stereocenters. The first kappa shape index (κ1) is 13.0. The summed E-state index contributed by atoms with van der Waals surface area (Å²) in [4.78, 5) is 4.55. The van der Waals surface area contributed by atoms with Crippen LogP contribution in [0.25, 0.3) is 34.0 Å². The van der Waals surface area contributed by atoms with Crippen LogP contribution in [0.5, 0.6) is 0 Å². The van der Waals surface area contributed by atoms with Crippen LogP contribution in [-0.4, -0.2) is 29.4 Å². The van der Waals surface area contributed by atoms with Crippen LogP contribution in [0.3, 0.4) is 0 Å². The van der Waals surface area contributed by atoms with Gasteiger partial charge in [0.25, 0.3) is 0 Å². The van der Waals surface area contributed by atoms with E-state index in [9.17, 15) is 0 Å². The Morgan fingerprint density at radius 1 is 1.00 bits per heavy atom. The van der Waals surface area contributed by atoms with E-state index >= 15 is 0 Å². The highest BCUT2D eigenvalue weighted by molar-refractivity contribution is 5.90. The van der Waals surface area contributed by atoms with Gasteiger partial charge in [0.15, 0.2) is 17.1 Å². The second kappa shape index (κ2) is 4.76. The van der Waals surface area contributed by atoms with Crippen molar-refractivity contribution in [1.82, 2.24) is 29.4 Å². The van der Waals surface area contributed by atoms with Gasteiger partial charge in [0.2, 0.25) is 5.82 Å². The zero-order valence-electron chi connectivity index (χ0n) is 12.8. The van der Waals surface area contributed by atoms with Crippen LogP contribution in [-0.2, 0) is 0 Å². The van der Waals surface area contributed by atoms with E-state index in [1.165, 1.54) is 5.56 Å². The van der Waals surface area contributed by atoms with Crippen LogP contribution in [0.2, 0.25) is 0 Å². The standard InChI is InChI=1S/C17H12N6O/c1-11-4-6-12(7-5-11)23-15-13(9-19-23)16-20-21-17(22(16)10-18-15)14-3-2-8-24-14/h2-10H,1H3. The van der Waals surface area contributed by atoms with Crippen molar-refractivity contribution in [3.63, 3.8) is 0 Å². The molecule has 5 rings (SSSR count). The molecule has 0 amide bonds. The molecule has 0 radical (unpaired) electrons. The van der Waals surface area contributed by atoms with E-state index in [4.69, 9.17) is 4.42 Å². The number of hydrogen-bond acceptors (Lipinski definition) is 5. The fourth-order valence-corrected chi connectivity index (χ4v) is 2.77. The van der Waals surface area contributed by atoms with E-state index in [0.29, 0.717) is 17.2 Å². The second-order valence-electron chi connectivity index (χ2n) is 5.57. The van der Waals surface area contributed by atoms with Crippen LogP contribution in [0.1, 0.15) is 5.56 Å². The average molecular weight is 316 g/mol. The Labute approximate surface area is 136 Å². The van der Waals surface area contributed by atoms with Crippen LogP contribution < -0.4 is 0 Å². The fourth-order valence-electron chi connectivity index (χ4n) is 2.77. The molecule has 0 saturated heterocycles. The summed E-state index contributed by atoms with van der Waals surface area (Å²) in [6.07, 6.45) is 5.07. The summed E-state index contributed by atoms with van der Waals surface area (Å²) in [6, 6.07) is 11.8. The monoisotopic (exact) mass is 316 g/mol. The van der Waals surface area contributed by atoms with E-state index < -0.39 is 0 Å². The Kier molecular flexibility index (Phi) is 2.58. The first-order chi connectivity index (χ1) is 11.8. The predicted molar refractivity (Wildman–Crippen MR) is 87.8 cm³/mol. The topological polar surface area (TPSA) is 74.0 Å². The van der Waals surface area contributed by atoms with E-state index in [1.807, 2.05) is 40.8 Å². The Hall–Kier alpha value is -3.48. The van der Waals surface area contributed by atoms with Gasteiger partial charge in [-0.15, -0.1) is 10.2 Å². The van der Waals surface area contributed by atoms with E-state index in [0.717, 1.165) is 16.7 Å². The van der Waals surface area contributed by atoms with Gasteiger partial charge in [-0.2, -0.15) is 5.10 Å². The van der Waals surface area contributed by atoms with Gasteiger partial charge in [-0.3, -0.25) is 4.40 Å². The molecule has 4 heterocycles. The van der Waals surface area contributed by atoms with Crippen molar-refractivity contribution in [3.05, 3.63) is 60.7 Å². The number of nitrogens with zero attached hydrogens (tertiary/aromatic N) is 6. The highest BCUT2D eigenvalue weighted by Crippen LogP contribution is 2.24. The van der Waals surface area contributed by atoms with Gasteiger partial charge >= 0.3 is 0 Å². The van der Waals surface area contributed by atoms with E-state index in [-0.39, 0.29) is 0 Å². The minimum atomic E-state index is 0.618. The summed E-state index contributed by atoms with van der Waals surface area (Å²) in [5, 5.41) is 13.8. The van der Waals surface area contributed by atoms with Crippen molar-refractivity contribution in [2.24, 2.45) is 0 Å². The molecule has 0 aliphatic carbocycles. The van der Waals surface area contributed by atoms with Gasteiger partial charge in [0, 0.05) is 0 Å². The van der Waals surface area contributed by atoms with Crippen molar-refractivity contribution >= 4 is 16.7 Å².